The number of hydrogen-bond acceptors (Lipinski definition) is 5. The van der Waals surface area contributed by atoms with Crippen molar-refractivity contribution < 1.29 is 0 Å². The van der Waals surface area contributed by atoms with E-state index in [0.717, 1.165) is 16.0 Å². The number of aryl methyl sites for hydroxylation is 1. The Morgan fingerprint density at radius 3 is 2.82 bits per heavy atom. The Labute approximate surface area is 104 Å². The zero-order valence-electron chi connectivity index (χ0n) is 10.1. The molecule has 3 rings (SSSR count). The van der Waals surface area contributed by atoms with E-state index in [1.165, 1.54) is 24.1 Å². The van der Waals surface area contributed by atoms with Crippen molar-refractivity contribution in [2.75, 3.05) is 17.7 Å². The molecule has 90 valence electrons. The van der Waals surface area contributed by atoms with Crippen molar-refractivity contribution in [2.24, 2.45) is 0 Å². The fourth-order valence-electron chi connectivity index (χ4n) is 2.01. The fraction of sp³-hybridized carbons (Fsp3) is 0.500. The van der Waals surface area contributed by atoms with Gasteiger partial charge in [-0.2, -0.15) is 4.98 Å². The maximum atomic E-state index is 4.53. The molecule has 0 aromatic carbocycles. The molecule has 1 aliphatic rings. The molecule has 2 aromatic rings. The quantitative estimate of drug-likeness (QED) is 0.876. The molecule has 0 atom stereocenters. The van der Waals surface area contributed by atoms with Crippen LogP contribution in [0.25, 0.3) is 10.2 Å². The summed E-state index contributed by atoms with van der Waals surface area (Å²) in [5.41, 5.74) is 0. The Balaban J connectivity index is 2.05. The smallest absolute Gasteiger partial charge is 0.225 e. The van der Waals surface area contributed by atoms with Crippen molar-refractivity contribution in [1.29, 1.82) is 0 Å². The number of thiophene rings is 1. The highest BCUT2D eigenvalue weighted by Crippen LogP contribution is 2.32. The third-order valence-corrected chi connectivity index (χ3v) is 4.13. The number of anilines is 2. The molecule has 0 spiro atoms. The van der Waals surface area contributed by atoms with Crippen LogP contribution in [0.1, 0.15) is 24.1 Å². The van der Waals surface area contributed by atoms with E-state index >= 15 is 0 Å². The van der Waals surface area contributed by atoms with Crippen LogP contribution in [0, 0.1) is 6.92 Å². The van der Waals surface area contributed by atoms with Crippen LogP contribution in [0.4, 0.5) is 11.8 Å². The first-order valence-electron chi connectivity index (χ1n) is 5.99. The maximum absolute atomic E-state index is 4.53. The van der Waals surface area contributed by atoms with Crippen molar-refractivity contribution in [2.45, 2.75) is 32.2 Å². The monoisotopic (exact) mass is 248 g/mol. The minimum absolute atomic E-state index is 0.595. The summed E-state index contributed by atoms with van der Waals surface area (Å²) < 4.78 is 0. The lowest BCUT2D eigenvalue weighted by Crippen LogP contribution is -2.27. The minimum Gasteiger partial charge on any atom is -0.367 e. The topological polar surface area (TPSA) is 49.8 Å². The van der Waals surface area contributed by atoms with Crippen LogP contribution in [-0.4, -0.2) is 23.1 Å². The summed E-state index contributed by atoms with van der Waals surface area (Å²) in [5.74, 6) is 1.68. The molecule has 17 heavy (non-hydrogen) atoms. The first-order valence-corrected chi connectivity index (χ1v) is 6.80. The van der Waals surface area contributed by atoms with E-state index in [4.69, 9.17) is 0 Å². The molecule has 2 N–H and O–H groups in total. The van der Waals surface area contributed by atoms with Gasteiger partial charge >= 0.3 is 0 Å². The van der Waals surface area contributed by atoms with E-state index in [0.29, 0.717) is 12.0 Å². The van der Waals surface area contributed by atoms with Crippen molar-refractivity contribution >= 4 is 33.3 Å². The summed E-state index contributed by atoms with van der Waals surface area (Å²) in [5, 5.41) is 7.70. The summed E-state index contributed by atoms with van der Waals surface area (Å²) in [4.78, 5) is 11.3. The van der Waals surface area contributed by atoms with Gasteiger partial charge in [0.05, 0.1) is 5.39 Å². The average molecular weight is 248 g/mol. The highest BCUT2D eigenvalue weighted by Gasteiger charge is 2.19. The van der Waals surface area contributed by atoms with Gasteiger partial charge in [-0.1, -0.05) is 0 Å². The van der Waals surface area contributed by atoms with Crippen molar-refractivity contribution in [3.63, 3.8) is 0 Å². The lowest BCUT2D eigenvalue weighted by molar-refractivity contribution is 0.445. The lowest BCUT2D eigenvalue weighted by atomic mass is 9.93. The maximum Gasteiger partial charge on any atom is 0.225 e. The Morgan fingerprint density at radius 2 is 2.18 bits per heavy atom. The number of hydrogen-bond donors (Lipinski definition) is 2. The SMILES string of the molecule is CNc1nc(NC2CCC2)c2cc(C)sc2n1. The first kappa shape index (κ1) is 10.8. The zero-order chi connectivity index (χ0) is 11.8. The molecule has 1 saturated carbocycles. The molecule has 1 fully saturated rings. The molecule has 0 amide bonds. The molecular weight excluding hydrogens is 232 g/mol. The van der Waals surface area contributed by atoms with Crippen LogP contribution >= 0.6 is 11.3 Å². The minimum atomic E-state index is 0.595. The standard InChI is InChI=1S/C12H16N4S/c1-7-6-9-10(14-8-4-3-5-8)15-12(13-2)16-11(9)17-7/h6,8H,3-5H2,1-2H3,(H2,13,14,15,16). The highest BCUT2D eigenvalue weighted by atomic mass is 32.1. The van der Waals surface area contributed by atoms with Gasteiger partial charge in [-0.25, -0.2) is 4.98 Å². The lowest BCUT2D eigenvalue weighted by Gasteiger charge is -2.27. The van der Waals surface area contributed by atoms with Gasteiger partial charge in [0.2, 0.25) is 5.95 Å². The van der Waals surface area contributed by atoms with Gasteiger partial charge in [0, 0.05) is 18.0 Å². The first-order chi connectivity index (χ1) is 8.26. The zero-order valence-corrected chi connectivity index (χ0v) is 10.9. The molecule has 4 nitrogen and oxygen atoms in total. The predicted octanol–water partition coefficient (Wildman–Crippen LogP) is 3.01. The van der Waals surface area contributed by atoms with Gasteiger partial charge in [0.15, 0.2) is 0 Å². The highest BCUT2D eigenvalue weighted by molar-refractivity contribution is 7.18. The van der Waals surface area contributed by atoms with Crippen molar-refractivity contribution in [3.8, 4) is 0 Å². The summed E-state index contributed by atoms with van der Waals surface area (Å²) in [7, 11) is 1.86. The van der Waals surface area contributed by atoms with E-state index in [1.54, 1.807) is 11.3 Å². The normalized spacial score (nSPS) is 15.9. The Morgan fingerprint density at radius 1 is 1.35 bits per heavy atom. The Bertz CT molecular complexity index is 545. The number of fused-ring (bicyclic) bond motifs is 1. The molecule has 0 saturated heterocycles. The van der Waals surface area contributed by atoms with Crippen molar-refractivity contribution in [3.05, 3.63) is 10.9 Å². The van der Waals surface area contributed by atoms with Crippen LogP contribution < -0.4 is 10.6 Å². The van der Waals surface area contributed by atoms with E-state index < -0.39 is 0 Å². The van der Waals surface area contributed by atoms with Crippen LogP contribution in [-0.2, 0) is 0 Å². The molecule has 0 aliphatic heterocycles. The third kappa shape index (κ3) is 1.95. The van der Waals surface area contributed by atoms with Gasteiger partial charge in [0.1, 0.15) is 10.6 Å². The summed E-state index contributed by atoms with van der Waals surface area (Å²) in [6, 6.07) is 2.76. The number of nitrogens with one attached hydrogen (secondary N) is 2. The van der Waals surface area contributed by atoms with E-state index in [1.807, 2.05) is 7.05 Å². The van der Waals surface area contributed by atoms with Gasteiger partial charge < -0.3 is 10.6 Å². The van der Waals surface area contributed by atoms with Crippen molar-refractivity contribution in [1.82, 2.24) is 9.97 Å². The second-order valence-electron chi connectivity index (χ2n) is 4.49. The molecule has 1 aliphatic carbocycles. The second kappa shape index (κ2) is 4.14. The number of aromatic nitrogens is 2. The van der Waals surface area contributed by atoms with Crippen LogP contribution in [0.15, 0.2) is 6.07 Å². The van der Waals surface area contributed by atoms with Gasteiger partial charge in [-0.3, -0.25) is 0 Å². The van der Waals surface area contributed by atoms with Gasteiger partial charge in [-0.05, 0) is 32.3 Å². The molecule has 5 heteroatoms. The van der Waals surface area contributed by atoms with E-state index in [2.05, 4.69) is 33.6 Å². The van der Waals surface area contributed by atoms with Gasteiger partial charge in [0.25, 0.3) is 0 Å². The molecule has 0 bridgehead atoms. The molecule has 0 unspecified atom stereocenters. The van der Waals surface area contributed by atoms with Crippen LogP contribution in [0.2, 0.25) is 0 Å². The number of rotatable bonds is 3. The second-order valence-corrected chi connectivity index (χ2v) is 5.73. The molecule has 2 aromatic heterocycles. The predicted molar refractivity (Wildman–Crippen MR) is 73.0 cm³/mol. The van der Waals surface area contributed by atoms with Crippen LogP contribution in [0.3, 0.4) is 0 Å². The number of nitrogens with zero attached hydrogens (tertiary/aromatic N) is 2. The average Bonchev–Trinajstić information content (AvgIpc) is 2.63. The van der Waals surface area contributed by atoms with Crippen LogP contribution in [0.5, 0.6) is 0 Å². The Hall–Kier alpha value is -1.36. The fourth-order valence-corrected chi connectivity index (χ4v) is 2.89. The summed E-state index contributed by atoms with van der Waals surface area (Å²) in [6.45, 7) is 2.11. The molecule has 0 radical (unpaired) electrons. The largest absolute Gasteiger partial charge is 0.367 e. The Kier molecular flexibility index (Phi) is 2.63. The van der Waals surface area contributed by atoms with E-state index in [9.17, 15) is 0 Å². The molecule has 2 heterocycles. The summed E-state index contributed by atoms with van der Waals surface area (Å²) >= 11 is 1.72. The van der Waals surface area contributed by atoms with Gasteiger partial charge in [-0.15, -0.1) is 11.3 Å². The molecular formula is C12H16N4S. The van der Waals surface area contributed by atoms with E-state index in [-0.39, 0.29) is 0 Å². The summed E-state index contributed by atoms with van der Waals surface area (Å²) in [6.07, 6.45) is 3.83. The third-order valence-electron chi connectivity index (χ3n) is 3.19.